The highest BCUT2D eigenvalue weighted by molar-refractivity contribution is 6.04. The Bertz CT molecular complexity index is 657. The standard InChI is InChI=1S/C15H19N5O/c1-10-9-17-19-14(10)15(21)18-12-5-7-13(8-6-12)20(4)11(2)16-3/h5-9H,1-4H3,(H,17,19)(H,18,21). The molecule has 1 heterocycles. The van der Waals surface area contributed by atoms with E-state index >= 15 is 0 Å². The Morgan fingerprint density at radius 2 is 2.00 bits per heavy atom. The molecule has 0 aliphatic rings. The van der Waals surface area contributed by atoms with Gasteiger partial charge in [0.2, 0.25) is 0 Å². The fourth-order valence-corrected chi connectivity index (χ4v) is 1.88. The van der Waals surface area contributed by atoms with E-state index in [1.54, 1.807) is 13.2 Å². The van der Waals surface area contributed by atoms with Gasteiger partial charge >= 0.3 is 0 Å². The van der Waals surface area contributed by atoms with Crippen molar-refractivity contribution < 1.29 is 4.79 Å². The summed E-state index contributed by atoms with van der Waals surface area (Å²) in [6, 6.07) is 7.59. The number of carbonyl (C=O) groups is 1. The minimum atomic E-state index is -0.197. The first-order valence-corrected chi connectivity index (χ1v) is 6.61. The summed E-state index contributed by atoms with van der Waals surface area (Å²) < 4.78 is 0. The van der Waals surface area contributed by atoms with Crippen LogP contribution in [0.25, 0.3) is 0 Å². The fourth-order valence-electron chi connectivity index (χ4n) is 1.88. The molecule has 110 valence electrons. The largest absolute Gasteiger partial charge is 0.334 e. The fraction of sp³-hybridized carbons (Fsp3) is 0.267. The van der Waals surface area contributed by atoms with E-state index in [2.05, 4.69) is 20.5 Å². The number of hydrogen-bond donors (Lipinski definition) is 2. The summed E-state index contributed by atoms with van der Waals surface area (Å²) in [7, 11) is 3.71. The topological polar surface area (TPSA) is 73.4 Å². The molecule has 6 heteroatoms. The van der Waals surface area contributed by atoms with Gasteiger partial charge in [0.25, 0.3) is 5.91 Å². The molecule has 0 atom stereocenters. The van der Waals surface area contributed by atoms with E-state index in [1.807, 2.05) is 50.1 Å². The Labute approximate surface area is 123 Å². The molecule has 0 spiro atoms. The van der Waals surface area contributed by atoms with E-state index < -0.39 is 0 Å². The van der Waals surface area contributed by atoms with Crippen LogP contribution in [0.5, 0.6) is 0 Å². The number of nitrogens with zero attached hydrogens (tertiary/aromatic N) is 3. The lowest BCUT2D eigenvalue weighted by atomic mass is 10.2. The van der Waals surface area contributed by atoms with E-state index in [0.29, 0.717) is 5.69 Å². The third-order valence-electron chi connectivity index (χ3n) is 3.38. The zero-order valence-corrected chi connectivity index (χ0v) is 12.6. The summed E-state index contributed by atoms with van der Waals surface area (Å²) in [4.78, 5) is 18.2. The summed E-state index contributed by atoms with van der Waals surface area (Å²) in [6.07, 6.45) is 1.62. The second-order valence-corrected chi connectivity index (χ2v) is 4.76. The van der Waals surface area contributed by atoms with Crippen molar-refractivity contribution in [2.75, 3.05) is 24.3 Å². The molecular weight excluding hydrogens is 266 g/mol. The average molecular weight is 285 g/mol. The molecule has 0 unspecified atom stereocenters. The van der Waals surface area contributed by atoms with Crippen molar-refractivity contribution in [3.8, 4) is 0 Å². The molecule has 0 aliphatic carbocycles. The molecule has 1 amide bonds. The van der Waals surface area contributed by atoms with Crippen LogP contribution in [-0.2, 0) is 0 Å². The highest BCUT2D eigenvalue weighted by atomic mass is 16.1. The first kappa shape index (κ1) is 14.8. The van der Waals surface area contributed by atoms with Crippen molar-refractivity contribution in [1.82, 2.24) is 10.2 Å². The maximum Gasteiger partial charge on any atom is 0.273 e. The SMILES string of the molecule is CN=C(C)N(C)c1ccc(NC(=O)c2[nH]ncc2C)cc1. The van der Waals surface area contributed by atoms with Crippen LogP contribution in [0, 0.1) is 6.92 Å². The lowest BCUT2D eigenvalue weighted by Gasteiger charge is -2.18. The van der Waals surface area contributed by atoms with Crippen molar-refractivity contribution in [3.05, 3.63) is 41.7 Å². The summed E-state index contributed by atoms with van der Waals surface area (Å²) >= 11 is 0. The second kappa shape index (κ2) is 6.21. The minimum Gasteiger partial charge on any atom is -0.334 e. The molecule has 1 aromatic carbocycles. The van der Waals surface area contributed by atoms with Gasteiger partial charge in [0.15, 0.2) is 0 Å². The third-order valence-corrected chi connectivity index (χ3v) is 3.38. The molecule has 0 bridgehead atoms. The highest BCUT2D eigenvalue weighted by Gasteiger charge is 2.11. The molecule has 2 rings (SSSR count). The number of carbonyl (C=O) groups excluding carboxylic acids is 1. The van der Waals surface area contributed by atoms with Crippen LogP contribution >= 0.6 is 0 Å². The Morgan fingerprint density at radius 3 is 2.52 bits per heavy atom. The number of amidine groups is 1. The Hall–Kier alpha value is -2.63. The number of nitrogens with one attached hydrogen (secondary N) is 2. The van der Waals surface area contributed by atoms with Crippen molar-refractivity contribution in [3.63, 3.8) is 0 Å². The summed E-state index contributed by atoms with van der Waals surface area (Å²) in [5.74, 6) is 0.720. The number of rotatable bonds is 3. The maximum absolute atomic E-state index is 12.1. The lowest BCUT2D eigenvalue weighted by molar-refractivity contribution is 0.102. The first-order chi connectivity index (χ1) is 10.0. The van der Waals surface area contributed by atoms with Crippen LogP contribution in [0.3, 0.4) is 0 Å². The van der Waals surface area contributed by atoms with Crippen LogP contribution in [0.15, 0.2) is 35.5 Å². The van der Waals surface area contributed by atoms with Crippen LogP contribution in [0.2, 0.25) is 0 Å². The number of amides is 1. The van der Waals surface area contributed by atoms with Crippen molar-refractivity contribution >= 4 is 23.1 Å². The van der Waals surface area contributed by atoms with Crippen LogP contribution in [-0.4, -0.2) is 36.0 Å². The predicted octanol–water partition coefficient (Wildman–Crippen LogP) is 2.45. The van der Waals surface area contributed by atoms with Gasteiger partial charge in [-0.2, -0.15) is 5.10 Å². The van der Waals surface area contributed by atoms with Crippen molar-refractivity contribution in [2.45, 2.75) is 13.8 Å². The zero-order valence-electron chi connectivity index (χ0n) is 12.6. The highest BCUT2D eigenvalue weighted by Crippen LogP contribution is 2.18. The quantitative estimate of drug-likeness (QED) is 0.672. The van der Waals surface area contributed by atoms with E-state index in [9.17, 15) is 4.79 Å². The first-order valence-electron chi connectivity index (χ1n) is 6.61. The predicted molar refractivity (Wildman–Crippen MR) is 85.2 cm³/mol. The van der Waals surface area contributed by atoms with Gasteiger partial charge in [0.05, 0.1) is 12.0 Å². The van der Waals surface area contributed by atoms with Gasteiger partial charge in [-0.05, 0) is 43.7 Å². The molecule has 21 heavy (non-hydrogen) atoms. The Balaban J connectivity index is 2.10. The number of aromatic nitrogens is 2. The second-order valence-electron chi connectivity index (χ2n) is 4.76. The van der Waals surface area contributed by atoms with E-state index in [-0.39, 0.29) is 5.91 Å². The average Bonchev–Trinajstić information content (AvgIpc) is 2.92. The van der Waals surface area contributed by atoms with Gasteiger partial charge < -0.3 is 10.2 Å². The number of benzene rings is 1. The van der Waals surface area contributed by atoms with Crippen LogP contribution in [0.4, 0.5) is 11.4 Å². The van der Waals surface area contributed by atoms with Crippen LogP contribution < -0.4 is 10.2 Å². The molecule has 0 saturated carbocycles. The number of H-pyrrole nitrogens is 1. The molecule has 0 radical (unpaired) electrons. The number of aromatic amines is 1. The molecule has 2 aromatic rings. The molecule has 1 aromatic heterocycles. The summed E-state index contributed by atoms with van der Waals surface area (Å²) in [5, 5.41) is 9.37. The number of aliphatic imine (C=N–C) groups is 1. The Morgan fingerprint density at radius 1 is 1.33 bits per heavy atom. The number of aryl methyl sites for hydroxylation is 1. The molecule has 6 nitrogen and oxygen atoms in total. The zero-order chi connectivity index (χ0) is 15.4. The summed E-state index contributed by atoms with van der Waals surface area (Å²) in [6.45, 7) is 3.78. The minimum absolute atomic E-state index is 0.197. The molecule has 0 saturated heterocycles. The van der Waals surface area contributed by atoms with Gasteiger partial charge in [-0.1, -0.05) is 0 Å². The van der Waals surface area contributed by atoms with Gasteiger partial charge in [0, 0.05) is 25.5 Å². The van der Waals surface area contributed by atoms with Crippen LogP contribution in [0.1, 0.15) is 23.0 Å². The lowest BCUT2D eigenvalue weighted by Crippen LogP contribution is -2.23. The molecular formula is C15H19N5O. The van der Waals surface area contributed by atoms with E-state index in [4.69, 9.17) is 0 Å². The van der Waals surface area contributed by atoms with Crippen molar-refractivity contribution in [2.24, 2.45) is 4.99 Å². The molecule has 0 fully saturated rings. The maximum atomic E-state index is 12.1. The van der Waals surface area contributed by atoms with E-state index in [1.165, 1.54) is 0 Å². The molecule has 0 aliphatic heterocycles. The van der Waals surface area contributed by atoms with Crippen molar-refractivity contribution in [1.29, 1.82) is 0 Å². The van der Waals surface area contributed by atoms with E-state index in [0.717, 1.165) is 22.8 Å². The van der Waals surface area contributed by atoms with Gasteiger partial charge in [-0.15, -0.1) is 0 Å². The molecule has 2 N–H and O–H groups in total. The third kappa shape index (κ3) is 3.28. The smallest absolute Gasteiger partial charge is 0.273 e. The number of hydrogen-bond acceptors (Lipinski definition) is 3. The normalized spacial score (nSPS) is 11.3. The Kier molecular flexibility index (Phi) is 4.37. The van der Waals surface area contributed by atoms with Gasteiger partial charge in [-0.3, -0.25) is 14.9 Å². The summed E-state index contributed by atoms with van der Waals surface area (Å²) in [5.41, 5.74) is 3.04. The monoisotopic (exact) mass is 285 g/mol. The number of anilines is 2. The van der Waals surface area contributed by atoms with Gasteiger partial charge in [0.1, 0.15) is 5.69 Å². The van der Waals surface area contributed by atoms with Gasteiger partial charge in [-0.25, -0.2) is 0 Å².